The van der Waals surface area contributed by atoms with Crippen LogP contribution in [0.3, 0.4) is 0 Å². The number of ether oxygens (including phenoxy) is 5. The van der Waals surface area contributed by atoms with E-state index in [1.165, 1.54) is 0 Å². The van der Waals surface area contributed by atoms with Crippen molar-refractivity contribution in [2.24, 2.45) is 0 Å². The molecule has 0 fully saturated rings. The van der Waals surface area contributed by atoms with Gasteiger partial charge in [-0.1, -0.05) is 31.8 Å². The quantitative estimate of drug-likeness (QED) is 0.461. The summed E-state index contributed by atoms with van der Waals surface area (Å²) in [4.78, 5) is 13.6. The van der Waals surface area contributed by atoms with E-state index >= 15 is 0 Å². The highest BCUT2D eigenvalue weighted by molar-refractivity contribution is 6.80. The predicted molar refractivity (Wildman–Crippen MR) is 120 cm³/mol. The van der Waals surface area contributed by atoms with Gasteiger partial charge in [-0.2, -0.15) is 0 Å². The van der Waals surface area contributed by atoms with Crippen LogP contribution in [0.25, 0.3) is 0 Å². The Bertz CT molecular complexity index is 931. The third kappa shape index (κ3) is 4.51. The van der Waals surface area contributed by atoms with Gasteiger partial charge in [0.15, 0.2) is 23.0 Å². The van der Waals surface area contributed by atoms with Crippen LogP contribution in [-0.4, -0.2) is 33.2 Å². The van der Waals surface area contributed by atoms with Gasteiger partial charge in [-0.15, -0.1) is 0 Å². The summed E-state index contributed by atoms with van der Waals surface area (Å²) in [6.45, 7) is 12.7. The lowest BCUT2D eigenvalue weighted by Crippen LogP contribution is -2.41. The molecule has 2 aliphatic rings. The van der Waals surface area contributed by atoms with Gasteiger partial charge < -0.3 is 23.7 Å². The molecule has 166 valence electrons. The van der Waals surface area contributed by atoms with E-state index in [9.17, 15) is 4.79 Å². The van der Waals surface area contributed by atoms with Crippen LogP contribution in [0, 0.1) is 0 Å². The summed E-state index contributed by atoms with van der Waals surface area (Å²) in [7, 11) is -2.05. The van der Waals surface area contributed by atoms with Gasteiger partial charge >= 0.3 is 5.97 Å². The largest absolute Gasteiger partial charge is 0.460 e. The van der Waals surface area contributed by atoms with Gasteiger partial charge in [-0.3, -0.25) is 4.79 Å². The summed E-state index contributed by atoms with van der Waals surface area (Å²) in [6, 6.07) is 11.8. The molecule has 0 radical (unpaired) electrons. The molecule has 31 heavy (non-hydrogen) atoms. The van der Waals surface area contributed by atoms with E-state index in [4.69, 9.17) is 23.7 Å². The number of benzene rings is 2. The SMILES string of the molecule is CC(C)(C)OC(=O)C(C(c1ccc2c(c1)OCO2)c1ccc2c(c1)OCO2)[Si](C)(C)C. The Morgan fingerprint density at radius 2 is 1.29 bits per heavy atom. The molecule has 2 heterocycles. The Kier molecular flexibility index (Phi) is 5.41. The minimum Gasteiger partial charge on any atom is -0.460 e. The maximum Gasteiger partial charge on any atom is 0.307 e. The van der Waals surface area contributed by atoms with Crippen molar-refractivity contribution in [3.05, 3.63) is 47.5 Å². The Hall–Kier alpha value is -2.67. The molecule has 0 spiro atoms. The van der Waals surface area contributed by atoms with Crippen LogP contribution in [0.15, 0.2) is 36.4 Å². The number of carbonyl (C=O) groups excluding carboxylic acids is 1. The third-order valence-corrected chi connectivity index (χ3v) is 7.87. The summed E-state index contributed by atoms with van der Waals surface area (Å²) in [5.74, 6) is 2.44. The van der Waals surface area contributed by atoms with Gasteiger partial charge in [-0.25, -0.2) is 0 Å². The second-order valence-electron chi connectivity index (χ2n) is 10.1. The minimum atomic E-state index is -2.05. The molecule has 0 aliphatic carbocycles. The zero-order valence-electron chi connectivity index (χ0n) is 19.0. The van der Waals surface area contributed by atoms with Crippen LogP contribution in [0.4, 0.5) is 0 Å². The van der Waals surface area contributed by atoms with E-state index in [0.29, 0.717) is 11.5 Å². The lowest BCUT2D eigenvalue weighted by atomic mass is 9.87. The first-order valence-corrected chi connectivity index (χ1v) is 14.1. The van der Waals surface area contributed by atoms with E-state index in [0.717, 1.165) is 22.6 Å². The number of esters is 1. The number of rotatable bonds is 5. The van der Waals surface area contributed by atoms with Gasteiger partial charge in [0, 0.05) is 5.92 Å². The number of carbonyl (C=O) groups is 1. The van der Waals surface area contributed by atoms with Crippen LogP contribution in [0.2, 0.25) is 25.2 Å². The second-order valence-corrected chi connectivity index (χ2v) is 15.4. The van der Waals surface area contributed by atoms with Gasteiger partial charge in [0.05, 0.1) is 13.6 Å². The molecule has 0 saturated carbocycles. The predicted octanol–water partition coefficient (Wildman–Crippen LogP) is 5.33. The molecular formula is C24H30O6Si. The standard InChI is InChI=1S/C24H30O6Si/c1-24(2,3)30-23(25)22(31(4,5)6)21(15-7-9-17-19(11-15)28-13-26-17)16-8-10-18-20(12-16)29-14-27-18/h7-12,21-22H,13-14H2,1-6H3. The molecule has 1 atom stereocenters. The van der Waals surface area contributed by atoms with Crippen molar-refractivity contribution in [2.45, 2.75) is 57.5 Å². The molecule has 0 amide bonds. The third-order valence-electron chi connectivity index (χ3n) is 5.44. The Balaban J connectivity index is 1.85. The van der Waals surface area contributed by atoms with Crippen LogP contribution in [0.1, 0.15) is 37.8 Å². The molecule has 4 rings (SSSR count). The highest BCUT2D eigenvalue weighted by Gasteiger charge is 2.44. The summed E-state index contributed by atoms with van der Waals surface area (Å²) < 4.78 is 28.2. The number of fused-ring (bicyclic) bond motifs is 2. The fourth-order valence-corrected chi connectivity index (χ4v) is 6.30. The van der Waals surface area contributed by atoms with Crippen molar-refractivity contribution in [1.29, 1.82) is 0 Å². The molecule has 6 nitrogen and oxygen atoms in total. The average Bonchev–Trinajstić information content (AvgIpc) is 3.31. The Morgan fingerprint density at radius 1 is 0.839 bits per heavy atom. The normalized spacial score (nSPS) is 15.8. The molecule has 2 aromatic rings. The number of hydrogen-bond donors (Lipinski definition) is 0. The molecular weight excluding hydrogens is 412 g/mol. The highest BCUT2D eigenvalue weighted by atomic mass is 28.3. The van der Waals surface area contributed by atoms with Crippen LogP contribution in [-0.2, 0) is 9.53 Å². The van der Waals surface area contributed by atoms with Crippen LogP contribution < -0.4 is 18.9 Å². The Morgan fingerprint density at radius 3 is 1.71 bits per heavy atom. The molecule has 0 bridgehead atoms. The van der Waals surface area contributed by atoms with E-state index < -0.39 is 13.7 Å². The van der Waals surface area contributed by atoms with Gasteiger partial charge in [-0.05, 0) is 56.2 Å². The summed E-state index contributed by atoms with van der Waals surface area (Å²) in [5.41, 5.74) is 1.10. The molecule has 1 unspecified atom stereocenters. The lowest BCUT2D eigenvalue weighted by Gasteiger charge is -2.36. The zero-order chi connectivity index (χ0) is 22.4. The first kappa shape index (κ1) is 21.6. The maximum atomic E-state index is 13.6. The highest BCUT2D eigenvalue weighted by Crippen LogP contribution is 2.47. The zero-order valence-corrected chi connectivity index (χ0v) is 20.0. The number of hydrogen-bond acceptors (Lipinski definition) is 6. The van der Waals surface area contributed by atoms with E-state index in [1.807, 2.05) is 57.2 Å². The molecule has 2 aromatic carbocycles. The van der Waals surface area contributed by atoms with Crippen molar-refractivity contribution in [2.75, 3.05) is 13.6 Å². The molecule has 0 aromatic heterocycles. The molecule has 7 heteroatoms. The summed E-state index contributed by atoms with van der Waals surface area (Å²) in [6.07, 6.45) is 0. The Labute approximate surface area is 184 Å². The minimum absolute atomic E-state index is 0.174. The van der Waals surface area contributed by atoms with Gasteiger partial charge in [0.1, 0.15) is 5.60 Å². The van der Waals surface area contributed by atoms with E-state index in [1.54, 1.807) is 0 Å². The van der Waals surface area contributed by atoms with Crippen LogP contribution in [0.5, 0.6) is 23.0 Å². The monoisotopic (exact) mass is 442 g/mol. The van der Waals surface area contributed by atoms with Crippen molar-refractivity contribution in [1.82, 2.24) is 0 Å². The van der Waals surface area contributed by atoms with E-state index in [2.05, 4.69) is 19.6 Å². The topological polar surface area (TPSA) is 63.2 Å². The smallest absolute Gasteiger partial charge is 0.307 e. The van der Waals surface area contributed by atoms with Crippen molar-refractivity contribution in [3.63, 3.8) is 0 Å². The van der Waals surface area contributed by atoms with E-state index in [-0.39, 0.29) is 31.0 Å². The van der Waals surface area contributed by atoms with Crippen molar-refractivity contribution in [3.8, 4) is 23.0 Å². The first-order valence-electron chi connectivity index (χ1n) is 10.5. The summed E-state index contributed by atoms with van der Waals surface area (Å²) >= 11 is 0. The van der Waals surface area contributed by atoms with Crippen molar-refractivity contribution < 1.29 is 28.5 Å². The van der Waals surface area contributed by atoms with Gasteiger partial charge in [0.25, 0.3) is 0 Å². The maximum absolute atomic E-state index is 13.6. The average molecular weight is 443 g/mol. The molecule has 0 N–H and O–H groups in total. The van der Waals surface area contributed by atoms with Gasteiger partial charge in [0.2, 0.25) is 13.6 Å². The summed E-state index contributed by atoms with van der Waals surface area (Å²) in [5, 5.41) is 0. The lowest BCUT2D eigenvalue weighted by molar-refractivity contribution is -0.155. The van der Waals surface area contributed by atoms with Crippen LogP contribution >= 0.6 is 0 Å². The fraction of sp³-hybridized carbons (Fsp3) is 0.458. The molecule has 2 aliphatic heterocycles. The fourth-order valence-electron chi connectivity index (χ4n) is 4.15. The van der Waals surface area contributed by atoms with Crippen molar-refractivity contribution >= 4 is 14.0 Å². The first-order chi connectivity index (χ1) is 14.5. The molecule has 0 saturated heterocycles. The second kappa shape index (κ2) is 7.78.